The second-order valence-electron chi connectivity index (χ2n) is 0.946. The molecule has 1 rings (SSSR count). The first kappa shape index (κ1) is 3.67. The third-order valence-electron chi connectivity index (χ3n) is 0.431. The van der Waals surface area contributed by atoms with E-state index in [9.17, 15) is 0 Å². The summed E-state index contributed by atoms with van der Waals surface area (Å²) in [5.41, 5.74) is 0. The van der Waals surface area contributed by atoms with E-state index in [-0.39, 0.29) is 10.0 Å². The molecule has 2 radical (unpaired) electrons. The van der Waals surface area contributed by atoms with E-state index in [1.165, 1.54) is 0 Å². The van der Waals surface area contributed by atoms with E-state index < -0.39 is 0 Å². The van der Waals surface area contributed by atoms with Gasteiger partial charge in [0.2, 0.25) is 0 Å². The lowest BCUT2D eigenvalue weighted by Gasteiger charge is -1.71. The maximum Gasteiger partial charge on any atom is 0.700 e. The standard InChI is InChI=1S/C2H3NO2Si/c1-2-3-5-6-4-2/h1H3/p+1. The third-order valence-corrected chi connectivity index (χ3v) is 1.01. The van der Waals surface area contributed by atoms with Gasteiger partial charge >= 0.3 is 15.9 Å². The van der Waals surface area contributed by atoms with Gasteiger partial charge in [-0.2, -0.15) is 0 Å². The molecule has 1 N–H and O–H groups in total. The lowest BCUT2D eigenvalue weighted by atomic mass is 10.8. The topological polar surface area (TPSA) is 32.4 Å². The zero-order chi connectivity index (χ0) is 4.41. The Hall–Kier alpha value is -0.513. The maximum atomic E-state index is 4.76. The summed E-state index contributed by atoms with van der Waals surface area (Å²) in [5.74, 6) is 0.744. The molecule has 0 aromatic heterocycles. The number of hydrogen-bond donors (Lipinski definition) is 1. The largest absolute Gasteiger partial charge is 0.700 e. The minimum absolute atomic E-state index is 0.141. The van der Waals surface area contributed by atoms with Crippen molar-refractivity contribution in [1.29, 1.82) is 0 Å². The van der Waals surface area contributed by atoms with Gasteiger partial charge in [0.15, 0.2) is 0 Å². The third kappa shape index (κ3) is 0.512. The van der Waals surface area contributed by atoms with Crippen molar-refractivity contribution in [1.82, 2.24) is 0 Å². The highest BCUT2D eigenvalue weighted by atomic mass is 28.3. The van der Waals surface area contributed by atoms with Crippen LogP contribution in [0.3, 0.4) is 0 Å². The van der Waals surface area contributed by atoms with Crippen LogP contribution >= 0.6 is 0 Å². The molecule has 0 spiro atoms. The Balaban J connectivity index is 2.45. The molecule has 0 atom stereocenters. The monoisotopic (exact) mass is 102 g/mol. The second-order valence-corrected chi connectivity index (χ2v) is 1.52. The molecule has 4 heteroatoms. The van der Waals surface area contributed by atoms with Gasteiger partial charge in [-0.25, -0.2) is 0 Å². The molecule has 0 bridgehead atoms. The Morgan fingerprint density at radius 3 is 2.83 bits per heavy atom. The van der Waals surface area contributed by atoms with Crippen molar-refractivity contribution in [2.45, 2.75) is 6.92 Å². The van der Waals surface area contributed by atoms with Crippen LogP contribution in [0, 0.1) is 0 Å². The van der Waals surface area contributed by atoms with E-state index in [0.717, 1.165) is 5.90 Å². The Kier molecular flexibility index (Phi) is 0.793. The lowest BCUT2D eigenvalue weighted by molar-refractivity contribution is -0.705. The SMILES string of the molecule is CC1=[NH+]O[Si]O1. The molecule has 1 aliphatic rings. The average Bonchev–Trinajstić information content (AvgIpc) is 1.86. The average molecular weight is 102 g/mol. The van der Waals surface area contributed by atoms with Gasteiger partial charge in [-0.3, -0.25) is 4.53 Å². The van der Waals surface area contributed by atoms with Crippen molar-refractivity contribution in [2.75, 3.05) is 0 Å². The highest BCUT2D eigenvalue weighted by molar-refractivity contribution is 6.22. The molecular weight excluding hydrogens is 98.1 g/mol. The van der Waals surface area contributed by atoms with E-state index in [2.05, 4.69) is 9.68 Å². The van der Waals surface area contributed by atoms with Gasteiger partial charge < -0.3 is 4.43 Å². The van der Waals surface area contributed by atoms with Gasteiger partial charge in [-0.05, 0) is 5.16 Å². The van der Waals surface area contributed by atoms with Crippen molar-refractivity contribution < 1.29 is 14.1 Å². The van der Waals surface area contributed by atoms with Crippen molar-refractivity contribution >= 4 is 15.9 Å². The summed E-state index contributed by atoms with van der Waals surface area (Å²) in [7, 11) is 0.141. The fourth-order valence-corrected chi connectivity index (χ4v) is 0.591. The molecule has 0 aliphatic carbocycles. The minimum Gasteiger partial charge on any atom is -0.456 e. The summed E-state index contributed by atoms with van der Waals surface area (Å²) in [5, 5.41) is 2.53. The molecule has 0 aromatic carbocycles. The van der Waals surface area contributed by atoms with Crippen LogP contribution in [-0.2, 0) is 8.95 Å². The summed E-state index contributed by atoms with van der Waals surface area (Å²) in [6.45, 7) is 1.81. The van der Waals surface area contributed by atoms with E-state index in [0.29, 0.717) is 0 Å². The zero-order valence-corrected chi connectivity index (χ0v) is 4.32. The molecule has 3 nitrogen and oxygen atoms in total. The molecule has 1 aliphatic heterocycles. The van der Waals surface area contributed by atoms with Gasteiger partial charge in [-0.15, -0.1) is 0 Å². The Bertz CT molecular complexity index is 81.6. The molecule has 0 fully saturated rings. The van der Waals surface area contributed by atoms with Crippen molar-refractivity contribution in [2.24, 2.45) is 0 Å². The fourth-order valence-electron chi connectivity index (χ4n) is 0.197. The van der Waals surface area contributed by atoms with Crippen LogP contribution in [0.4, 0.5) is 0 Å². The summed E-state index contributed by atoms with van der Waals surface area (Å²) in [6.07, 6.45) is 0. The first-order valence-electron chi connectivity index (χ1n) is 1.57. The van der Waals surface area contributed by atoms with Crippen LogP contribution < -0.4 is 5.16 Å². The Morgan fingerprint density at radius 2 is 2.67 bits per heavy atom. The maximum absolute atomic E-state index is 4.76. The van der Waals surface area contributed by atoms with Crippen LogP contribution in [-0.4, -0.2) is 15.9 Å². The quantitative estimate of drug-likeness (QED) is 0.358. The zero-order valence-electron chi connectivity index (χ0n) is 3.32. The van der Waals surface area contributed by atoms with Crippen LogP contribution in [0.25, 0.3) is 0 Å². The summed E-state index contributed by atoms with van der Waals surface area (Å²) in [4.78, 5) is 0. The van der Waals surface area contributed by atoms with Gasteiger partial charge in [0.25, 0.3) is 0 Å². The van der Waals surface area contributed by atoms with Gasteiger partial charge in [-0.1, -0.05) is 0 Å². The molecule has 6 heavy (non-hydrogen) atoms. The van der Waals surface area contributed by atoms with Gasteiger partial charge in [0.1, 0.15) is 0 Å². The first-order chi connectivity index (χ1) is 2.89. The number of nitrogens with one attached hydrogen (secondary N) is 1. The lowest BCUT2D eigenvalue weighted by Crippen LogP contribution is -2.67. The Labute approximate surface area is 38.0 Å². The van der Waals surface area contributed by atoms with Crippen molar-refractivity contribution in [3.05, 3.63) is 0 Å². The van der Waals surface area contributed by atoms with Crippen molar-refractivity contribution in [3.63, 3.8) is 0 Å². The molecule has 0 saturated heterocycles. The molecule has 1 heterocycles. The van der Waals surface area contributed by atoms with Crippen LogP contribution in [0.1, 0.15) is 6.92 Å². The summed E-state index contributed by atoms with van der Waals surface area (Å²) in [6, 6.07) is 0. The van der Waals surface area contributed by atoms with E-state index in [1.54, 1.807) is 6.92 Å². The molecule has 0 aromatic rings. The van der Waals surface area contributed by atoms with Crippen molar-refractivity contribution in [3.8, 4) is 0 Å². The first-order valence-corrected chi connectivity index (χ1v) is 2.38. The predicted octanol–water partition coefficient (Wildman–Crippen LogP) is -2.02. The second kappa shape index (κ2) is 1.30. The minimum atomic E-state index is 0.141. The molecule has 0 unspecified atom stereocenters. The van der Waals surface area contributed by atoms with Gasteiger partial charge in [0, 0.05) is 0 Å². The predicted molar refractivity (Wildman–Crippen MR) is 19.6 cm³/mol. The van der Waals surface area contributed by atoms with Crippen LogP contribution in [0.5, 0.6) is 0 Å². The number of rotatable bonds is 0. The highest BCUT2D eigenvalue weighted by Gasteiger charge is 2.13. The van der Waals surface area contributed by atoms with E-state index >= 15 is 0 Å². The molecular formula is C2H4NO2Si+. The van der Waals surface area contributed by atoms with Crippen LogP contribution in [0.15, 0.2) is 0 Å². The normalized spacial score (nSPS) is 18.5. The van der Waals surface area contributed by atoms with Crippen LogP contribution in [0.2, 0.25) is 0 Å². The summed E-state index contributed by atoms with van der Waals surface area (Å²) >= 11 is 0. The molecule has 0 amide bonds. The smallest absolute Gasteiger partial charge is 0.456 e. The Morgan fingerprint density at radius 1 is 1.83 bits per heavy atom. The van der Waals surface area contributed by atoms with Gasteiger partial charge in [0.05, 0.1) is 6.92 Å². The summed E-state index contributed by atoms with van der Waals surface area (Å²) < 4.78 is 9.34. The van der Waals surface area contributed by atoms with E-state index in [1.807, 2.05) is 0 Å². The number of hydrogen-bond acceptors (Lipinski definition) is 2. The highest BCUT2D eigenvalue weighted by Crippen LogP contribution is 1.69. The molecule has 0 saturated carbocycles. The molecule has 32 valence electrons. The fraction of sp³-hybridized carbons (Fsp3) is 0.500. The van der Waals surface area contributed by atoms with E-state index in [4.69, 9.17) is 4.43 Å².